The predicted octanol–water partition coefficient (Wildman–Crippen LogP) is 5.35. The SMILES string of the molecule is CCN(CC)S(=O)(=O)c1cc(Cl)ccc1OCC(=O)Nc1cc(Cl)c(Cl)cc1Cl. The number of benzene rings is 2. The van der Waals surface area contributed by atoms with Gasteiger partial charge in [0.25, 0.3) is 5.91 Å². The molecule has 0 atom stereocenters. The Labute approximate surface area is 189 Å². The highest BCUT2D eigenvalue weighted by atomic mass is 35.5. The highest BCUT2D eigenvalue weighted by Crippen LogP contribution is 2.33. The van der Waals surface area contributed by atoms with Crippen molar-refractivity contribution in [1.82, 2.24) is 4.31 Å². The molecule has 0 aliphatic heterocycles. The molecule has 0 radical (unpaired) electrons. The number of carbonyl (C=O) groups excluding carboxylic acids is 1. The molecule has 2 rings (SSSR count). The van der Waals surface area contributed by atoms with E-state index in [0.29, 0.717) is 0 Å². The number of anilines is 1. The Morgan fingerprint density at radius 3 is 2.24 bits per heavy atom. The van der Waals surface area contributed by atoms with Crippen LogP contribution in [0.3, 0.4) is 0 Å². The van der Waals surface area contributed by atoms with Gasteiger partial charge in [0.15, 0.2) is 6.61 Å². The first-order chi connectivity index (χ1) is 13.6. The summed E-state index contributed by atoms with van der Waals surface area (Å²) in [5.74, 6) is -0.553. The zero-order valence-electron chi connectivity index (χ0n) is 15.5. The van der Waals surface area contributed by atoms with Crippen molar-refractivity contribution in [3.8, 4) is 5.75 Å². The van der Waals surface area contributed by atoms with E-state index in [-0.39, 0.29) is 49.5 Å². The Balaban J connectivity index is 2.21. The number of halogens is 4. The van der Waals surface area contributed by atoms with Crippen molar-refractivity contribution in [2.75, 3.05) is 25.0 Å². The lowest BCUT2D eigenvalue weighted by molar-refractivity contribution is -0.118. The van der Waals surface area contributed by atoms with Crippen LogP contribution < -0.4 is 10.1 Å². The van der Waals surface area contributed by atoms with Gasteiger partial charge in [0, 0.05) is 18.1 Å². The highest BCUT2D eigenvalue weighted by molar-refractivity contribution is 7.89. The lowest BCUT2D eigenvalue weighted by Crippen LogP contribution is -2.31. The number of rotatable bonds is 8. The van der Waals surface area contributed by atoms with Crippen LogP contribution in [0.15, 0.2) is 35.2 Å². The van der Waals surface area contributed by atoms with E-state index in [1.165, 1.54) is 34.6 Å². The molecule has 0 saturated carbocycles. The normalized spacial score (nSPS) is 11.6. The van der Waals surface area contributed by atoms with Crippen molar-refractivity contribution in [2.45, 2.75) is 18.7 Å². The average Bonchev–Trinajstić information content (AvgIpc) is 2.65. The van der Waals surface area contributed by atoms with Gasteiger partial charge in [-0.05, 0) is 30.3 Å². The molecule has 0 heterocycles. The molecule has 2 aromatic carbocycles. The summed E-state index contributed by atoms with van der Waals surface area (Å²) in [6.07, 6.45) is 0. The molecule has 158 valence electrons. The summed E-state index contributed by atoms with van der Waals surface area (Å²) < 4.78 is 32.5. The summed E-state index contributed by atoms with van der Waals surface area (Å²) in [5.41, 5.74) is 0.252. The number of sulfonamides is 1. The van der Waals surface area contributed by atoms with Crippen LogP contribution in [0.5, 0.6) is 5.75 Å². The topological polar surface area (TPSA) is 75.7 Å². The fraction of sp³-hybridized carbons (Fsp3) is 0.278. The Hall–Kier alpha value is -1.22. The Morgan fingerprint density at radius 1 is 1.00 bits per heavy atom. The second-order valence-corrected chi connectivity index (χ2v) is 9.33. The number of ether oxygens (including phenoxy) is 1. The minimum absolute atomic E-state index is 0.0108. The molecule has 0 saturated heterocycles. The van der Waals surface area contributed by atoms with Crippen molar-refractivity contribution >= 4 is 68.0 Å². The van der Waals surface area contributed by atoms with Crippen LogP contribution in [0.1, 0.15) is 13.8 Å². The van der Waals surface area contributed by atoms with Gasteiger partial charge in [-0.1, -0.05) is 60.3 Å². The van der Waals surface area contributed by atoms with Gasteiger partial charge in [0.05, 0.1) is 20.8 Å². The minimum atomic E-state index is -3.84. The molecular formula is C18H18Cl4N2O4S. The number of carbonyl (C=O) groups is 1. The number of hydrogen-bond acceptors (Lipinski definition) is 4. The Bertz CT molecular complexity index is 1010. The Morgan fingerprint density at radius 2 is 1.62 bits per heavy atom. The molecule has 2 aromatic rings. The largest absolute Gasteiger partial charge is 0.482 e. The lowest BCUT2D eigenvalue weighted by Gasteiger charge is -2.20. The van der Waals surface area contributed by atoms with Crippen LogP contribution in [0.4, 0.5) is 5.69 Å². The molecule has 6 nitrogen and oxygen atoms in total. The molecule has 0 fully saturated rings. The predicted molar refractivity (Wildman–Crippen MR) is 117 cm³/mol. The van der Waals surface area contributed by atoms with Crippen LogP contribution in [-0.4, -0.2) is 38.3 Å². The van der Waals surface area contributed by atoms with E-state index < -0.39 is 22.5 Å². The van der Waals surface area contributed by atoms with Gasteiger partial charge in [-0.15, -0.1) is 0 Å². The molecule has 1 amide bonds. The summed E-state index contributed by atoms with van der Waals surface area (Å²) in [7, 11) is -3.84. The first kappa shape index (κ1) is 24.1. The minimum Gasteiger partial charge on any atom is -0.482 e. The smallest absolute Gasteiger partial charge is 0.262 e. The van der Waals surface area contributed by atoms with Gasteiger partial charge in [0.1, 0.15) is 10.6 Å². The van der Waals surface area contributed by atoms with Crippen molar-refractivity contribution in [1.29, 1.82) is 0 Å². The third-order valence-electron chi connectivity index (χ3n) is 3.87. The van der Waals surface area contributed by atoms with Gasteiger partial charge in [-0.25, -0.2) is 8.42 Å². The second-order valence-electron chi connectivity index (χ2n) is 5.76. The van der Waals surface area contributed by atoms with E-state index >= 15 is 0 Å². The molecule has 11 heteroatoms. The second kappa shape index (κ2) is 10.2. The van der Waals surface area contributed by atoms with Crippen molar-refractivity contribution in [3.05, 3.63) is 50.4 Å². The molecular weight excluding hydrogens is 482 g/mol. The van der Waals surface area contributed by atoms with E-state index in [4.69, 9.17) is 51.1 Å². The summed E-state index contributed by atoms with van der Waals surface area (Å²) in [6, 6.07) is 6.97. The van der Waals surface area contributed by atoms with Crippen LogP contribution in [0.25, 0.3) is 0 Å². The molecule has 0 unspecified atom stereocenters. The van der Waals surface area contributed by atoms with Gasteiger partial charge in [-0.2, -0.15) is 4.31 Å². The first-order valence-corrected chi connectivity index (χ1v) is 11.4. The fourth-order valence-corrected chi connectivity index (χ4v) is 4.90. The summed E-state index contributed by atoms with van der Waals surface area (Å²) in [4.78, 5) is 12.1. The van der Waals surface area contributed by atoms with Crippen molar-refractivity contribution < 1.29 is 17.9 Å². The maximum Gasteiger partial charge on any atom is 0.262 e. The standard InChI is InChI=1S/C18H18Cl4N2O4S/c1-3-24(4-2)29(26,27)17-7-11(19)5-6-16(17)28-10-18(25)23-15-9-13(21)12(20)8-14(15)22/h5-9H,3-4,10H2,1-2H3,(H,23,25). The van der Waals surface area contributed by atoms with Crippen LogP contribution >= 0.6 is 46.4 Å². The monoisotopic (exact) mass is 498 g/mol. The molecule has 0 aliphatic rings. The quantitative estimate of drug-likeness (QED) is 0.497. The van der Waals surface area contributed by atoms with Gasteiger partial charge < -0.3 is 10.1 Å². The average molecular weight is 500 g/mol. The summed E-state index contributed by atoms with van der Waals surface area (Å²) in [5, 5.41) is 3.44. The Kier molecular flexibility index (Phi) is 8.46. The highest BCUT2D eigenvalue weighted by Gasteiger charge is 2.26. The first-order valence-electron chi connectivity index (χ1n) is 8.47. The van der Waals surface area contributed by atoms with Gasteiger partial charge in [0.2, 0.25) is 10.0 Å². The maximum absolute atomic E-state index is 12.9. The third-order valence-corrected chi connectivity index (χ3v) is 7.21. The summed E-state index contributed by atoms with van der Waals surface area (Å²) in [6.45, 7) is 3.54. The molecule has 1 N–H and O–H groups in total. The van der Waals surface area contributed by atoms with Crippen LogP contribution in [-0.2, 0) is 14.8 Å². The fourth-order valence-electron chi connectivity index (χ4n) is 2.45. The van der Waals surface area contributed by atoms with Crippen LogP contribution in [0, 0.1) is 0 Å². The number of amides is 1. The third kappa shape index (κ3) is 5.90. The van der Waals surface area contributed by atoms with Gasteiger partial charge >= 0.3 is 0 Å². The van der Waals surface area contributed by atoms with Crippen molar-refractivity contribution in [2.24, 2.45) is 0 Å². The maximum atomic E-state index is 12.9. The van der Waals surface area contributed by atoms with E-state index in [2.05, 4.69) is 5.32 Å². The van der Waals surface area contributed by atoms with Gasteiger partial charge in [-0.3, -0.25) is 4.79 Å². The zero-order chi connectivity index (χ0) is 21.8. The lowest BCUT2D eigenvalue weighted by atomic mass is 10.3. The molecule has 0 aliphatic carbocycles. The van der Waals surface area contributed by atoms with E-state index in [1.54, 1.807) is 13.8 Å². The molecule has 0 spiro atoms. The zero-order valence-corrected chi connectivity index (χ0v) is 19.3. The van der Waals surface area contributed by atoms with E-state index in [0.717, 1.165) is 0 Å². The molecule has 0 aromatic heterocycles. The molecule has 29 heavy (non-hydrogen) atoms. The summed E-state index contributed by atoms with van der Waals surface area (Å²) >= 11 is 23.8. The van der Waals surface area contributed by atoms with Crippen LogP contribution in [0.2, 0.25) is 20.1 Å². The number of nitrogens with one attached hydrogen (secondary N) is 1. The van der Waals surface area contributed by atoms with E-state index in [1.807, 2.05) is 0 Å². The van der Waals surface area contributed by atoms with Crippen molar-refractivity contribution in [3.63, 3.8) is 0 Å². The van der Waals surface area contributed by atoms with E-state index in [9.17, 15) is 13.2 Å². The molecule has 0 bridgehead atoms. The number of nitrogens with zero attached hydrogens (tertiary/aromatic N) is 1. The number of hydrogen-bond donors (Lipinski definition) is 1.